The first kappa shape index (κ1) is 43.1. The minimum Gasteiger partial charge on any atom is -0.480 e. The van der Waals surface area contributed by atoms with Crippen LogP contribution in [-0.4, -0.2) is 128 Å². The van der Waals surface area contributed by atoms with E-state index in [0.717, 1.165) is 0 Å². The number of aromatic nitrogens is 2. The zero-order chi connectivity index (χ0) is 39.1. The van der Waals surface area contributed by atoms with E-state index in [-0.39, 0.29) is 30.6 Å². The van der Waals surface area contributed by atoms with E-state index < -0.39 is 97.2 Å². The van der Waals surface area contributed by atoms with Crippen LogP contribution in [-0.2, 0) is 44.8 Å². The second kappa shape index (κ2) is 20.7. The van der Waals surface area contributed by atoms with Gasteiger partial charge in [0.1, 0.15) is 30.2 Å². The number of carbonyl (C=O) groups is 8. The molecule has 0 saturated carbocycles. The van der Waals surface area contributed by atoms with Gasteiger partial charge in [-0.25, -0.2) is 9.78 Å². The number of aliphatic hydroxyl groups excluding tert-OH is 1. The number of hydrogen-bond acceptors (Lipinski definition) is 11. The number of aliphatic carboxylic acids is 1. The zero-order valence-electron chi connectivity index (χ0n) is 29.8. The molecule has 1 saturated heterocycles. The molecule has 0 bridgehead atoms. The third-order valence-corrected chi connectivity index (χ3v) is 8.11. The molecule has 12 N–H and O–H groups in total. The molecule has 1 fully saturated rings. The lowest BCUT2D eigenvalue weighted by Crippen LogP contribution is -2.58. The number of rotatable bonds is 21. The van der Waals surface area contributed by atoms with Crippen molar-refractivity contribution in [2.75, 3.05) is 19.7 Å². The number of carbonyl (C=O) groups excluding carboxylic acids is 7. The van der Waals surface area contributed by atoms with Crippen LogP contribution in [0.25, 0.3) is 0 Å². The molecular formula is C32H52N10O10. The highest BCUT2D eigenvalue weighted by atomic mass is 16.4. The Bertz CT molecular complexity index is 1420. The standard InChI is InChI=1S/C32H52N10O10/c1-16(2)8-19(33)31(50)42-7-5-6-24(42)30(49)39-20(9-17(3)4)27(46)36-13-26(45)38-21(11-25(34)44)28(47)41-23(14-43)29(48)40-22(32(51)52)10-18-12-35-15-37-18/h12,15-17,19-24,43H,5-11,13-14,33H2,1-4H3,(H2,34,44)(H,35,37)(H,36,46)(H,38,45)(H,39,49)(H,40,48)(H,41,47)(H,51,52)/t19-,20-,21-,22-,23-,24-/m0/s1. The lowest BCUT2D eigenvalue weighted by molar-refractivity contribution is -0.142. The Kier molecular flexibility index (Phi) is 17.1. The van der Waals surface area contributed by atoms with Crippen LogP contribution in [0.3, 0.4) is 0 Å². The molecular weight excluding hydrogens is 684 g/mol. The third kappa shape index (κ3) is 13.9. The fraction of sp³-hybridized carbons (Fsp3) is 0.656. The van der Waals surface area contributed by atoms with Gasteiger partial charge in [-0.3, -0.25) is 33.6 Å². The molecule has 0 aromatic carbocycles. The Hall–Kier alpha value is -5.11. The summed E-state index contributed by atoms with van der Waals surface area (Å²) in [6.45, 7) is 6.20. The van der Waals surface area contributed by atoms with Gasteiger partial charge in [0, 0.05) is 24.9 Å². The number of primary amides is 1. The summed E-state index contributed by atoms with van der Waals surface area (Å²) in [7, 11) is 0. The fourth-order valence-corrected chi connectivity index (χ4v) is 5.60. The first-order valence-corrected chi connectivity index (χ1v) is 17.1. The minimum absolute atomic E-state index is 0.0674. The predicted molar refractivity (Wildman–Crippen MR) is 183 cm³/mol. The third-order valence-electron chi connectivity index (χ3n) is 8.11. The molecule has 290 valence electrons. The summed E-state index contributed by atoms with van der Waals surface area (Å²) in [5, 5.41) is 30.9. The van der Waals surface area contributed by atoms with E-state index in [1.807, 2.05) is 27.7 Å². The monoisotopic (exact) mass is 736 g/mol. The highest BCUT2D eigenvalue weighted by Gasteiger charge is 2.38. The second-order valence-electron chi connectivity index (χ2n) is 13.5. The number of aliphatic hydroxyl groups is 1. The SMILES string of the molecule is CC(C)C[C@H](NC(=O)[C@@H]1CCCN1C(=O)[C@@H](N)CC(C)C)C(=O)NCC(=O)N[C@@H](CC(N)=O)C(=O)N[C@@H](CO)C(=O)N[C@@H](Cc1cnc[nH]1)C(=O)O. The van der Waals surface area contributed by atoms with Gasteiger partial charge in [-0.2, -0.15) is 0 Å². The van der Waals surface area contributed by atoms with Crippen LogP contribution in [0.5, 0.6) is 0 Å². The van der Waals surface area contributed by atoms with E-state index >= 15 is 0 Å². The van der Waals surface area contributed by atoms with Crippen LogP contribution in [0.2, 0.25) is 0 Å². The Morgan fingerprint density at radius 2 is 1.54 bits per heavy atom. The lowest BCUT2D eigenvalue weighted by atomic mass is 10.0. The molecule has 0 spiro atoms. The highest BCUT2D eigenvalue weighted by Crippen LogP contribution is 2.20. The van der Waals surface area contributed by atoms with Gasteiger partial charge in [0.2, 0.25) is 41.4 Å². The smallest absolute Gasteiger partial charge is 0.326 e. The molecule has 1 aromatic rings. The van der Waals surface area contributed by atoms with Crippen molar-refractivity contribution < 1.29 is 48.6 Å². The minimum atomic E-state index is -1.68. The van der Waals surface area contributed by atoms with E-state index in [9.17, 15) is 48.6 Å². The van der Waals surface area contributed by atoms with Gasteiger partial charge in [-0.05, 0) is 37.5 Å². The zero-order valence-corrected chi connectivity index (χ0v) is 29.8. The molecule has 2 rings (SSSR count). The predicted octanol–water partition coefficient (Wildman–Crippen LogP) is -3.63. The molecule has 7 amide bonds. The molecule has 6 atom stereocenters. The lowest BCUT2D eigenvalue weighted by Gasteiger charge is -2.29. The van der Waals surface area contributed by atoms with Gasteiger partial charge >= 0.3 is 5.97 Å². The molecule has 1 aromatic heterocycles. The van der Waals surface area contributed by atoms with Gasteiger partial charge < -0.3 is 58.1 Å². The van der Waals surface area contributed by atoms with Gasteiger partial charge in [0.05, 0.1) is 31.9 Å². The number of aromatic amines is 1. The number of amides is 7. The number of H-pyrrole nitrogens is 1. The molecule has 1 aliphatic heterocycles. The average Bonchev–Trinajstić information content (AvgIpc) is 3.76. The maximum absolute atomic E-state index is 13.3. The maximum Gasteiger partial charge on any atom is 0.326 e. The number of nitrogens with two attached hydrogens (primary N) is 2. The van der Waals surface area contributed by atoms with Crippen molar-refractivity contribution in [1.82, 2.24) is 41.5 Å². The average molecular weight is 737 g/mol. The van der Waals surface area contributed by atoms with Crippen LogP contribution in [0.4, 0.5) is 0 Å². The van der Waals surface area contributed by atoms with Crippen LogP contribution in [0, 0.1) is 11.8 Å². The number of carboxylic acids is 1. The first-order chi connectivity index (χ1) is 24.4. The summed E-state index contributed by atoms with van der Waals surface area (Å²) in [5.41, 5.74) is 11.7. The summed E-state index contributed by atoms with van der Waals surface area (Å²) in [6, 6.07) is -7.46. The molecule has 20 nitrogen and oxygen atoms in total. The number of likely N-dealkylation sites (tertiary alicyclic amines) is 1. The summed E-state index contributed by atoms with van der Waals surface area (Å²) >= 11 is 0. The number of imidazole rings is 1. The van der Waals surface area contributed by atoms with Gasteiger partial charge in [0.25, 0.3) is 0 Å². The van der Waals surface area contributed by atoms with E-state index in [1.54, 1.807) is 0 Å². The van der Waals surface area contributed by atoms with E-state index in [1.165, 1.54) is 17.4 Å². The van der Waals surface area contributed by atoms with Gasteiger partial charge in [0.15, 0.2) is 0 Å². The van der Waals surface area contributed by atoms with Crippen LogP contribution in [0.15, 0.2) is 12.5 Å². The molecule has 0 radical (unpaired) electrons. The molecule has 0 unspecified atom stereocenters. The molecule has 0 aliphatic carbocycles. The summed E-state index contributed by atoms with van der Waals surface area (Å²) < 4.78 is 0. The summed E-state index contributed by atoms with van der Waals surface area (Å²) in [4.78, 5) is 109. The molecule has 20 heteroatoms. The van der Waals surface area contributed by atoms with Crippen LogP contribution < -0.4 is 38.1 Å². The van der Waals surface area contributed by atoms with Crippen LogP contribution >= 0.6 is 0 Å². The maximum atomic E-state index is 13.3. The van der Waals surface area contributed by atoms with Crippen molar-refractivity contribution in [3.05, 3.63) is 18.2 Å². The second-order valence-corrected chi connectivity index (χ2v) is 13.5. The molecule has 2 heterocycles. The molecule has 52 heavy (non-hydrogen) atoms. The fourth-order valence-electron chi connectivity index (χ4n) is 5.60. The van der Waals surface area contributed by atoms with Gasteiger partial charge in [-0.15, -0.1) is 0 Å². The summed E-state index contributed by atoms with van der Waals surface area (Å²) in [6.07, 6.45) is 3.36. The number of nitrogens with zero attached hydrogens (tertiary/aromatic N) is 2. The largest absolute Gasteiger partial charge is 0.480 e. The molecule has 1 aliphatic rings. The first-order valence-electron chi connectivity index (χ1n) is 17.1. The van der Waals surface area contributed by atoms with Crippen molar-refractivity contribution in [2.45, 2.75) is 102 Å². The topological polar surface area (TPSA) is 321 Å². The summed E-state index contributed by atoms with van der Waals surface area (Å²) in [5.74, 6) is -7.03. The highest BCUT2D eigenvalue weighted by molar-refractivity contribution is 5.97. The van der Waals surface area contributed by atoms with E-state index in [4.69, 9.17) is 11.5 Å². The normalized spacial score (nSPS) is 17.0. The van der Waals surface area contributed by atoms with Crippen molar-refractivity contribution in [2.24, 2.45) is 23.3 Å². The Balaban J connectivity index is 2.03. The van der Waals surface area contributed by atoms with Gasteiger partial charge in [-0.1, -0.05) is 27.7 Å². The Morgan fingerprint density at radius 3 is 2.10 bits per heavy atom. The quantitative estimate of drug-likeness (QED) is 0.0585. The van der Waals surface area contributed by atoms with E-state index in [0.29, 0.717) is 31.5 Å². The van der Waals surface area contributed by atoms with Crippen molar-refractivity contribution in [3.63, 3.8) is 0 Å². The number of nitrogens with one attached hydrogen (secondary N) is 6. The van der Waals surface area contributed by atoms with Crippen molar-refractivity contribution in [3.8, 4) is 0 Å². The number of carboxylic acid groups (broad SMARTS) is 1. The van der Waals surface area contributed by atoms with E-state index in [2.05, 4.69) is 36.6 Å². The Labute approximate surface area is 301 Å². The van der Waals surface area contributed by atoms with Crippen molar-refractivity contribution >= 4 is 47.3 Å². The van der Waals surface area contributed by atoms with Crippen LogP contribution in [0.1, 0.15) is 65.5 Å². The number of hydrogen-bond donors (Lipinski definition) is 10. The van der Waals surface area contributed by atoms with Crippen molar-refractivity contribution in [1.29, 1.82) is 0 Å². The Morgan fingerprint density at radius 1 is 0.904 bits per heavy atom.